The Morgan fingerprint density at radius 2 is 0.889 bits per heavy atom. The molecule has 1 aliphatic heterocycles. The maximum Gasteiger partial charge on any atom is 0.220 e. The van der Waals surface area contributed by atoms with Crippen LogP contribution in [0.5, 0.6) is 0 Å². The van der Waals surface area contributed by atoms with Crippen molar-refractivity contribution in [2.75, 3.05) is 13.2 Å². The van der Waals surface area contributed by atoms with Gasteiger partial charge in [0.05, 0.1) is 25.4 Å². The second-order valence-electron chi connectivity index (χ2n) is 19.0. The van der Waals surface area contributed by atoms with Crippen LogP contribution >= 0.6 is 0 Å². The lowest BCUT2D eigenvalue weighted by Crippen LogP contribution is -2.60. The molecule has 1 saturated heterocycles. The average Bonchev–Trinajstić information content (AvgIpc) is 3.28. The lowest BCUT2D eigenvalue weighted by molar-refractivity contribution is -0.302. The third-order valence-corrected chi connectivity index (χ3v) is 13.0. The van der Waals surface area contributed by atoms with Gasteiger partial charge >= 0.3 is 0 Å². The van der Waals surface area contributed by atoms with Crippen molar-refractivity contribution < 1.29 is 39.8 Å². The van der Waals surface area contributed by atoms with Crippen LogP contribution in [-0.2, 0) is 14.3 Å². The maximum absolute atomic E-state index is 13.0. The fraction of sp³-hybridized carbons (Fsp3) is 0.907. The van der Waals surface area contributed by atoms with E-state index in [9.17, 15) is 30.3 Å². The monoisotopic (exact) mass is 894 g/mol. The number of nitrogens with one attached hydrogen (secondary N) is 1. The SMILES string of the molecule is CCCCCCCCCC/C=C\CCCCCCCCCC(=O)NC(COC1OC(CO)C(O)C(O)C1O)C(O)/C=C/CCCCCCCCCCCCCCCCCCCCC. The number of hydrogen-bond donors (Lipinski definition) is 6. The molecule has 0 aromatic rings. The number of carbonyl (C=O) groups is 1. The molecule has 0 aliphatic carbocycles. The second kappa shape index (κ2) is 44.5. The molecule has 6 N–H and O–H groups in total. The molecule has 1 aliphatic rings. The summed E-state index contributed by atoms with van der Waals surface area (Å²) in [5.74, 6) is -0.178. The molecule has 7 atom stereocenters. The largest absolute Gasteiger partial charge is 0.394 e. The fourth-order valence-corrected chi connectivity index (χ4v) is 8.68. The van der Waals surface area contributed by atoms with Crippen molar-refractivity contribution in [1.29, 1.82) is 0 Å². The van der Waals surface area contributed by atoms with Crippen LogP contribution in [-0.4, -0.2) is 87.5 Å². The molecule has 372 valence electrons. The summed E-state index contributed by atoms with van der Waals surface area (Å²) < 4.78 is 11.3. The van der Waals surface area contributed by atoms with Crippen molar-refractivity contribution in [1.82, 2.24) is 5.32 Å². The Bertz CT molecular complexity index is 1040. The van der Waals surface area contributed by atoms with Crippen LogP contribution in [0.2, 0.25) is 0 Å². The van der Waals surface area contributed by atoms with Gasteiger partial charge in [0.2, 0.25) is 5.91 Å². The van der Waals surface area contributed by atoms with E-state index in [2.05, 4.69) is 31.3 Å². The van der Waals surface area contributed by atoms with Crippen molar-refractivity contribution in [3.8, 4) is 0 Å². The first-order valence-electron chi connectivity index (χ1n) is 27.1. The number of carbonyl (C=O) groups excluding carboxylic acids is 1. The number of hydrogen-bond acceptors (Lipinski definition) is 8. The van der Waals surface area contributed by atoms with E-state index in [1.165, 1.54) is 199 Å². The molecule has 63 heavy (non-hydrogen) atoms. The summed E-state index contributed by atoms with van der Waals surface area (Å²) in [4.78, 5) is 13.0. The molecule has 1 heterocycles. The number of rotatable bonds is 46. The molecular weight excluding hydrogens is 791 g/mol. The minimum absolute atomic E-state index is 0.178. The first-order chi connectivity index (χ1) is 30.8. The van der Waals surface area contributed by atoms with Gasteiger partial charge < -0.3 is 40.3 Å². The molecule has 0 saturated carbocycles. The highest BCUT2D eigenvalue weighted by atomic mass is 16.7. The minimum atomic E-state index is -1.57. The van der Waals surface area contributed by atoms with Crippen molar-refractivity contribution in [3.63, 3.8) is 0 Å². The molecular formula is C54H103NO8. The molecule has 0 bridgehead atoms. The Kier molecular flexibility index (Phi) is 42.2. The van der Waals surface area contributed by atoms with Gasteiger partial charge in [-0.3, -0.25) is 4.79 Å². The standard InChI is InChI=1S/C54H103NO8/c1-3-5-7-9-11-13-15-17-19-21-23-24-26-27-29-31-33-35-37-39-41-43-48(57)47(46-62-54-53(61)52(60)51(59)49(45-56)63-54)55-50(58)44-42-40-38-36-34-32-30-28-25-22-20-18-16-14-12-10-8-6-4-2/h22,25,41,43,47-49,51-54,56-57,59-61H,3-21,23-24,26-40,42,44-46H2,1-2H3,(H,55,58)/b25-22-,43-41+. The van der Waals surface area contributed by atoms with Crippen molar-refractivity contribution in [2.45, 2.75) is 301 Å². The van der Waals surface area contributed by atoms with Crippen molar-refractivity contribution >= 4 is 5.91 Å². The molecule has 1 fully saturated rings. The normalized spacial score (nSPS) is 20.3. The minimum Gasteiger partial charge on any atom is -0.394 e. The van der Waals surface area contributed by atoms with Crippen LogP contribution in [0.25, 0.3) is 0 Å². The van der Waals surface area contributed by atoms with Crippen LogP contribution in [0.1, 0.15) is 258 Å². The fourth-order valence-electron chi connectivity index (χ4n) is 8.68. The van der Waals surface area contributed by atoms with E-state index < -0.39 is 49.5 Å². The van der Waals surface area contributed by atoms with E-state index in [4.69, 9.17) is 9.47 Å². The molecule has 0 spiro atoms. The topological polar surface area (TPSA) is 149 Å². The molecule has 0 radical (unpaired) electrons. The third kappa shape index (κ3) is 34.6. The van der Waals surface area contributed by atoms with Gasteiger partial charge in [-0.25, -0.2) is 0 Å². The average molecular weight is 894 g/mol. The highest BCUT2D eigenvalue weighted by Gasteiger charge is 2.44. The number of aliphatic hydroxyl groups excluding tert-OH is 5. The van der Waals surface area contributed by atoms with E-state index in [1.54, 1.807) is 6.08 Å². The van der Waals surface area contributed by atoms with Crippen LogP contribution in [0, 0.1) is 0 Å². The van der Waals surface area contributed by atoms with E-state index in [-0.39, 0.29) is 12.5 Å². The molecule has 9 nitrogen and oxygen atoms in total. The zero-order chi connectivity index (χ0) is 45.9. The Balaban J connectivity index is 2.27. The predicted molar refractivity (Wildman–Crippen MR) is 263 cm³/mol. The van der Waals surface area contributed by atoms with Gasteiger partial charge in [0.25, 0.3) is 0 Å². The Labute approximate surface area is 388 Å². The van der Waals surface area contributed by atoms with Gasteiger partial charge in [0, 0.05) is 6.42 Å². The van der Waals surface area contributed by atoms with E-state index >= 15 is 0 Å². The number of aliphatic hydroxyl groups is 5. The highest BCUT2D eigenvalue weighted by molar-refractivity contribution is 5.76. The molecule has 1 rings (SSSR count). The van der Waals surface area contributed by atoms with Crippen LogP contribution in [0.3, 0.4) is 0 Å². The highest BCUT2D eigenvalue weighted by Crippen LogP contribution is 2.23. The smallest absolute Gasteiger partial charge is 0.220 e. The van der Waals surface area contributed by atoms with Crippen molar-refractivity contribution in [3.05, 3.63) is 24.3 Å². The number of unbranched alkanes of at least 4 members (excludes halogenated alkanes) is 34. The Morgan fingerprint density at radius 3 is 1.29 bits per heavy atom. The van der Waals surface area contributed by atoms with Crippen LogP contribution < -0.4 is 5.32 Å². The van der Waals surface area contributed by atoms with Crippen LogP contribution in [0.15, 0.2) is 24.3 Å². The summed E-state index contributed by atoms with van der Waals surface area (Å²) in [5.41, 5.74) is 0. The summed E-state index contributed by atoms with van der Waals surface area (Å²) in [6.07, 6.45) is 48.0. The Hall–Kier alpha value is -1.33. The van der Waals surface area contributed by atoms with Crippen LogP contribution in [0.4, 0.5) is 0 Å². The van der Waals surface area contributed by atoms with E-state index in [1.807, 2.05) is 6.08 Å². The van der Waals surface area contributed by atoms with Gasteiger partial charge in [0.15, 0.2) is 6.29 Å². The molecule has 7 unspecified atom stereocenters. The molecule has 0 aromatic carbocycles. The lowest BCUT2D eigenvalue weighted by Gasteiger charge is -2.40. The van der Waals surface area contributed by atoms with Gasteiger partial charge in [-0.05, 0) is 44.9 Å². The summed E-state index contributed by atoms with van der Waals surface area (Å²) >= 11 is 0. The lowest BCUT2D eigenvalue weighted by atomic mass is 9.99. The number of allylic oxidation sites excluding steroid dienone is 3. The van der Waals surface area contributed by atoms with Gasteiger partial charge in [-0.2, -0.15) is 0 Å². The zero-order valence-electron chi connectivity index (χ0n) is 41.1. The number of amides is 1. The second-order valence-corrected chi connectivity index (χ2v) is 19.0. The summed E-state index contributed by atoms with van der Waals surface area (Å²) in [6, 6.07) is -0.805. The number of ether oxygens (including phenoxy) is 2. The predicted octanol–water partition coefficient (Wildman–Crippen LogP) is 12.6. The van der Waals surface area contributed by atoms with Gasteiger partial charge in [0.1, 0.15) is 24.4 Å². The van der Waals surface area contributed by atoms with E-state index in [0.29, 0.717) is 6.42 Å². The van der Waals surface area contributed by atoms with E-state index in [0.717, 1.165) is 38.5 Å². The summed E-state index contributed by atoms with van der Waals surface area (Å²) in [5, 5.41) is 54.4. The molecule has 0 aromatic heterocycles. The first-order valence-corrected chi connectivity index (χ1v) is 27.1. The molecule has 1 amide bonds. The Morgan fingerprint density at radius 1 is 0.524 bits per heavy atom. The third-order valence-electron chi connectivity index (χ3n) is 13.0. The molecule has 9 heteroatoms. The summed E-state index contributed by atoms with van der Waals surface area (Å²) in [7, 11) is 0. The first kappa shape index (κ1) is 59.7. The zero-order valence-corrected chi connectivity index (χ0v) is 41.1. The maximum atomic E-state index is 13.0. The van der Waals surface area contributed by atoms with Gasteiger partial charge in [-0.1, -0.05) is 231 Å². The van der Waals surface area contributed by atoms with Crippen molar-refractivity contribution in [2.24, 2.45) is 0 Å². The quantitative estimate of drug-likeness (QED) is 0.0261. The van der Waals surface area contributed by atoms with Gasteiger partial charge in [-0.15, -0.1) is 0 Å². The summed E-state index contributed by atoms with van der Waals surface area (Å²) in [6.45, 7) is 3.80.